The topological polar surface area (TPSA) is 63.3 Å². The third-order valence-electron chi connectivity index (χ3n) is 2.32. The van der Waals surface area contributed by atoms with Crippen LogP contribution in [0.15, 0.2) is 0 Å². The standard InChI is InChI=1S/C7H13NO2.ClH/c1-5-2-7(3-5,4-8)6(9)10;/h5H,2-4,8H2,1H3,(H,9,10);1H. The SMILES string of the molecule is CC1CC(CN)(C(=O)O)C1.Cl. The van der Waals surface area contributed by atoms with Crippen molar-refractivity contribution in [1.82, 2.24) is 0 Å². The van der Waals surface area contributed by atoms with Crippen LogP contribution in [0, 0.1) is 11.3 Å². The van der Waals surface area contributed by atoms with Crippen molar-refractivity contribution in [2.24, 2.45) is 17.1 Å². The van der Waals surface area contributed by atoms with Crippen molar-refractivity contribution >= 4 is 18.4 Å². The van der Waals surface area contributed by atoms with Crippen LogP contribution in [-0.4, -0.2) is 17.6 Å². The molecule has 66 valence electrons. The van der Waals surface area contributed by atoms with Crippen LogP contribution in [0.3, 0.4) is 0 Å². The molecule has 0 amide bonds. The molecule has 1 rings (SSSR count). The summed E-state index contributed by atoms with van der Waals surface area (Å²) in [4.78, 5) is 10.6. The van der Waals surface area contributed by atoms with Gasteiger partial charge in [-0.15, -0.1) is 12.4 Å². The lowest BCUT2D eigenvalue weighted by Gasteiger charge is -2.41. The van der Waals surface area contributed by atoms with E-state index in [0.29, 0.717) is 5.92 Å². The van der Waals surface area contributed by atoms with Crippen molar-refractivity contribution < 1.29 is 9.90 Å². The van der Waals surface area contributed by atoms with Crippen molar-refractivity contribution in [2.45, 2.75) is 19.8 Å². The highest BCUT2D eigenvalue weighted by Gasteiger charge is 2.47. The summed E-state index contributed by atoms with van der Waals surface area (Å²) < 4.78 is 0. The average Bonchev–Trinajstić information content (AvgIpc) is 1.79. The molecule has 1 aliphatic rings. The average molecular weight is 180 g/mol. The molecular weight excluding hydrogens is 166 g/mol. The highest BCUT2D eigenvalue weighted by molar-refractivity contribution is 5.85. The van der Waals surface area contributed by atoms with Gasteiger partial charge in [0.1, 0.15) is 0 Å². The third kappa shape index (κ3) is 1.65. The summed E-state index contributed by atoms with van der Waals surface area (Å²) in [7, 11) is 0. The Bertz CT molecular complexity index is 155. The van der Waals surface area contributed by atoms with E-state index in [4.69, 9.17) is 10.8 Å². The molecule has 0 spiro atoms. The summed E-state index contributed by atoms with van der Waals surface area (Å²) in [6, 6.07) is 0. The first-order valence-electron chi connectivity index (χ1n) is 3.54. The number of carboxylic acid groups (broad SMARTS) is 1. The molecule has 0 aromatic heterocycles. The Labute approximate surface area is 72.4 Å². The van der Waals surface area contributed by atoms with Gasteiger partial charge >= 0.3 is 5.97 Å². The summed E-state index contributed by atoms with van der Waals surface area (Å²) in [6.45, 7) is 2.34. The van der Waals surface area contributed by atoms with Crippen molar-refractivity contribution in [3.05, 3.63) is 0 Å². The Morgan fingerprint density at radius 2 is 2.18 bits per heavy atom. The number of halogens is 1. The highest BCUT2D eigenvalue weighted by Crippen LogP contribution is 2.44. The normalized spacial score (nSPS) is 35.3. The molecule has 1 fully saturated rings. The van der Waals surface area contributed by atoms with E-state index >= 15 is 0 Å². The zero-order valence-electron chi connectivity index (χ0n) is 6.54. The lowest BCUT2D eigenvalue weighted by Crippen LogP contribution is -2.48. The molecule has 1 saturated carbocycles. The second kappa shape index (κ2) is 3.41. The molecule has 4 heteroatoms. The minimum absolute atomic E-state index is 0. The number of carboxylic acids is 1. The van der Waals surface area contributed by atoms with Gasteiger partial charge < -0.3 is 10.8 Å². The second-order valence-corrected chi connectivity index (χ2v) is 3.30. The van der Waals surface area contributed by atoms with Crippen molar-refractivity contribution in [2.75, 3.05) is 6.54 Å². The lowest BCUT2D eigenvalue weighted by atomic mass is 9.63. The molecular formula is C7H14ClNO2. The monoisotopic (exact) mass is 179 g/mol. The van der Waals surface area contributed by atoms with Crippen molar-refractivity contribution in [3.63, 3.8) is 0 Å². The molecule has 11 heavy (non-hydrogen) atoms. The van der Waals surface area contributed by atoms with E-state index in [9.17, 15) is 4.79 Å². The number of aliphatic carboxylic acids is 1. The van der Waals surface area contributed by atoms with E-state index in [1.165, 1.54) is 0 Å². The molecule has 0 aromatic carbocycles. The van der Waals surface area contributed by atoms with Crippen molar-refractivity contribution in [3.8, 4) is 0 Å². The fourth-order valence-corrected chi connectivity index (χ4v) is 1.70. The van der Waals surface area contributed by atoms with Gasteiger partial charge in [0.2, 0.25) is 0 Å². The molecule has 0 unspecified atom stereocenters. The Hall–Kier alpha value is -0.280. The molecule has 3 N–H and O–H groups in total. The minimum Gasteiger partial charge on any atom is -0.481 e. The van der Waals surface area contributed by atoms with Gasteiger partial charge in [-0.3, -0.25) is 4.79 Å². The van der Waals surface area contributed by atoms with Crippen LogP contribution in [0.25, 0.3) is 0 Å². The Morgan fingerprint density at radius 3 is 2.27 bits per heavy atom. The van der Waals surface area contributed by atoms with Gasteiger partial charge in [0, 0.05) is 6.54 Å². The fraction of sp³-hybridized carbons (Fsp3) is 0.857. The van der Waals surface area contributed by atoms with Crippen LogP contribution >= 0.6 is 12.4 Å². The zero-order valence-corrected chi connectivity index (χ0v) is 7.36. The molecule has 0 aliphatic heterocycles. The Kier molecular flexibility index (Phi) is 3.32. The van der Waals surface area contributed by atoms with Crippen LogP contribution in [0.1, 0.15) is 19.8 Å². The van der Waals surface area contributed by atoms with Crippen LogP contribution < -0.4 is 5.73 Å². The predicted octanol–water partition coefficient (Wildman–Crippen LogP) is 0.868. The third-order valence-corrected chi connectivity index (χ3v) is 2.32. The van der Waals surface area contributed by atoms with Crippen LogP contribution in [0.5, 0.6) is 0 Å². The molecule has 0 bridgehead atoms. The van der Waals surface area contributed by atoms with E-state index in [0.717, 1.165) is 12.8 Å². The van der Waals surface area contributed by atoms with E-state index in [1.54, 1.807) is 0 Å². The maximum atomic E-state index is 10.6. The smallest absolute Gasteiger partial charge is 0.310 e. The first-order chi connectivity index (χ1) is 4.60. The van der Waals surface area contributed by atoms with Gasteiger partial charge in [-0.2, -0.15) is 0 Å². The maximum absolute atomic E-state index is 10.6. The number of nitrogens with two attached hydrogens (primary N) is 1. The Morgan fingerprint density at radius 1 is 1.73 bits per heavy atom. The summed E-state index contributed by atoms with van der Waals surface area (Å²) in [5, 5.41) is 8.72. The quantitative estimate of drug-likeness (QED) is 0.661. The van der Waals surface area contributed by atoms with Crippen LogP contribution in [-0.2, 0) is 4.79 Å². The molecule has 0 heterocycles. The predicted molar refractivity (Wildman–Crippen MR) is 44.8 cm³/mol. The van der Waals surface area contributed by atoms with Crippen LogP contribution in [0.2, 0.25) is 0 Å². The molecule has 0 atom stereocenters. The lowest BCUT2D eigenvalue weighted by molar-refractivity contribution is -0.156. The molecule has 0 radical (unpaired) electrons. The van der Waals surface area contributed by atoms with E-state index in [-0.39, 0.29) is 19.0 Å². The van der Waals surface area contributed by atoms with E-state index in [1.807, 2.05) is 0 Å². The summed E-state index contributed by atoms with van der Waals surface area (Å²) in [5.41, 5.74) is 4.78. The largest absolute Gasteiger partial charge is 0.481 e. The fourth-order valence-electron chi connectivity index (χ4n) is 1.70. The Balaban J connectivity index is 0.000001000. The van der Waals surface area contributed by atoms with E-state index in [2.05, 4.69) is 6.92 Å². The molecule has 3 nitrogen and oxygen atoms in total. The van der Waals surface area contributed by atoms with Gasteiger partial charge in [-0.25, -0.2) is 0 Å². The zero-order chi connectivity index (χ0) is 7.78. The molecule has 0 saturated heterocycles. The second-order valence-electron chi connectivity index (χ2n) is 3.30. The van der Waals surface area contributed by atoms with Gasteiger partial charge in [-0.05, 0) is 18.8 Å². The van der Waals surface area contributed by atoms with Gasteiger partial charge in [0.15, 0.2) is 0 Å². The van der Waals surface area contributed by atoms with Gasteiger partial charge in [0.25, 0.3) is 0 Å². The minimum atomic E-state index is -0.729. The highest BCUT2D eigenvalue weighted by atomic mass is 35.5. The molecule has 1 aliphatic carbocycles. The van der Waals surface area contributed by atoms with Crippen molar-refractivity contribution in [1.29, 1.82) is 0 Å². The first-order valence-corrected chi connectivity index (χ1v) is 3.54. The summed E-state index contributed by atoms with van der Waals surface area (Å²) >= 11 is 0. The summed E-state index contributed by atoms with van der Waals surface area (Å²) in [5.74, 6) is -0.187. The van der Waals surface area contributed by atoms with Gasteiger partial charge in [0.05, 0.1) is 5.41 Å². The number of hydrogen-bond donors (Lipinski definition) is 2. The number of rotatable bonds is 2. The summed E-state index contributed by atoms with van der Waals surface area (Å²) in [6.07, 6.45) is 1.50. The first kappa shape index (κ1) is 10.7. The number of carbonyl (C=O) groups is 1. The van der Waals surface area contributed by atoms with Crippen LogP contribution in [0.4, 0.5) is 0 Å². The van der Waals surface area contributed by atoms with E-state index < -0.39 is 11.4 Å². The maximum Gasteiger partial charge on any atom is 0.310 e. The van der Waals surface area contributed by atoms with Gasteiger partial charge in [-0.1, -0.05) is 6.92 Å². The molecule has 0 aromatic rings. The number of hydrogen-bond acceptors (Lipinski definition) is 2.